The number of anilines is 1. The van der Waals surface area contributed by atoms with Crippen LogP contribution in [-0.4, -0.2) is 52.4 Å². The second-order valence-corrected chi connectivity index (χ2v) is 10.7. The summed E-state index contributed by atoms with van der Waals surface area (Å²) >= 11 is 0. The van der Waals surface area contributed by atoms with Crippen molar-refractivity contribution in [2.24, 2.45) is 5.10 Å². The third kappa shape index (κ3) is 9.04. The molecule has 3 aromatic carbocycles. The van der Waals surface area contributed by atoms with Gasteiger partial charge >= 0.3 is 0 Å². The second kappa shape index (κ2) is 13.4. The van der Waals surface area contributed by atoms with Crippen LogP contribution in [0, 0.1) is 13.8 Å². The molecule has 0 aliphatic rings. The van der Waals surface area contributed by atoms with Crippen molar-refractivity contribution >= 4 is 33.7 Å². The molecule has 0 heterocycles. The van der Waals surface area contributed by atoms with Gasteiger partial charge in [0.2, 0.25) is 10.0 Å². The summed E-state index contributed by atoms with van der Waals surface area (Å²) in [7, 11) is -3.68. The lowest BCUT2D eigenvalue weighted by atomic mass is 10.1. The molecule has 0 bridgehead atoms. The Morgan fingerprint density at radius 1 is 0.974 bits per heavy atom. The molecule has 38 heavy (non-hydrogen) atoms. The van der Waals surface area contributed by atoms with Crippen LogP contribution in [-0.2, 0) is 26.0 Å². The molecular formula is C28H32N4O5S. The molecule has 0 aliphatic heterocycles. The first kappa shape index (κ1) is 28.4. The van der Waals surface area contributed by atoms with E-state index in [-0.39, 0.29) is 12.5 Å². The third-order valence-corrected chi connectivity index (χ3v) is 6.67. The first-order chi connectivity index (χ1) is 18.1. The van der Waals surface area contributed by atoms with Gasteiger partial charge in [-0.1, -0.05) is 48.0 Å². The molecule has 2 amide bonds. The number of nitrogens with zero attached hydrogens (tertiary/aromatic N) is 2. The molecule has 2 N–H and O–H groups in total. The highest BCUT2D eigenvalue weighted by atomic mass is 32.2. The zero-order valence-corrected chi connectivity index (χ0v) is 22.5. The number of sulfonamides is 1. The molecule has 0 saturated carbocycles. The number of carbonyl (C=O) groups excluding carboxylic acids is 2. The zero-order valence-electron chi connectivity index (χ0n) is 21.7. The number of rotatable bonds is 12. The van der Waals surface area contributed by atoms with Crippen molar-refractivity contribution in [3.8, 4) is 5.75 Å². The average molecular weight is 537 g/mol. The Labute approximate surface area is 223 Å². The van der Waals surface area contributed by atoms with Crippen LogP contribution in [0.4, 0.5) is 5.69 Å². The van der Waals surface area contributed by atoms with E-state index in [9.17, 15) is 18.0 Å². The summed E-state index contributed by atoms with van der Waals surface area (Å²) in [5, 5.41) is 6.74. The standard InChI is InChI=1S/C28H32N4O5S/c1-21-9-14-26(22(2)17-21)32(38(3,35)36)19-27(33)31-30-18-24-10-12-25(13-11-24)37-20-28(34)29-16-15-23-7-5-4-6-8-23/h4-14,17-18H,15-16,19-20H2,1-3H3,(H,29,34)(H,31,33)/b30-18-. The molecule has 0 atom stereocenters. The van der Waals surface area contributed by atoms with Crippen molar-refractivity contribution in [1.29, 1.82) is 0 Å². The van der Waals surface area contributed by atoms with E-state index in [1.54, 1.807) is 43.3 Å². The summed E-state index contributed by atoms with van der Waals surface area (Å²) < 4.78 is 31.2. The number of hydrogen-bond donors (Lipinski definition) is 2. The zero-order chi connectivity index (χ0) is 27.5. The molecular weight excluding hydrogens is 504 g/mol. The first-order valence-corrected chi connectivity index (χ1v) is 13.9. The van der Waals surface area contributed by atoms with Gasteiger partial charge in [-0.2, -0.15) is 5.10 Å². The molecule has 3 aromatic rings. The maximum Gasteiger partial charge on any atom is 0.260 e. The second-order valence-electron chi connectivity index (χ2n) is 8.80. The summed E-state index contributed by atoms with van der Waals surface area (Å²) in [6.45, 7) is 3.73. The molecule has 200 valence electrons. The van der Waals surface area contributed by atoms with Gasteiger partial charge in [0, 0.05) is 6.54 Å². The van der Waals surface area contributed by atoms with Crippen LogP contribution in [0.15, 0.2) is 77.9 Å². The fourth-order valence-electron chi connectivity index (χ4n) is 3.65. The fourth-order valence-corrected chi connectivity index (χ4v) is 4.57. The van der Waals surface area contributed by atoms with E-state index >= 15 is 0 Å². The molecule has 0 aromatic heterocycles. The van der Waals surface area contributed by atoms with Crippen molar-refractivity contribution in [3.05, 3.63) is 95.1 Å². The van der Waals surface area contributed by atoms with E-state index < -0.39 is 22.5 Å². The molecule has 0 unspecified atom stereocenters. The number of ether oxygens (including phenoxy) is 1. The monoisotopic (exact) mass is 536 g/mol. The lowest BCUT2D eigenvalue weighted by Crippen LogP contribution is -2.39. The van der Waals surface area contributed by atoms with Crippen molar-refractivity contribution in [3.63, 3.8) is 0 Å². The predicted octanol–water partition coefficient (Wildman–Crippen LogP) is 2.96. The Kier molecular flexibility index (Phi) is 10.0. The van der Waals surface area contributed by atoms with Crippen molar-refractivity contribution < 1.29 is 22.7 Å². The van der Waals surface area contributed by atoms with Gasteiger partial charge in [0.1, 0.15) is 12.3 Å². The number of carbonyl (C=O) groups is 2. The molecule has 0 spiro atoms. The molecule has 0 saturated heterocycles. The van der Waals surface area contributed by atoms with Crippen LogP contribution in [0.3, 0.4) is 0 Å². The summed E-state index contributed by atoms with van der Waals surface area (Å²) in [5.74, 6) is -0.273. The fraction of sp³-hybridized carbons (Fsp3) is 0.250. The molecule has 3 rings (SSSR count). The lowest BCUT2D eigenvalue weighted by Gasteiger charge is -2.23. The number of hydrazone groups is 1. The van der Waals surface area contributed by atoms with Gasteiger partial charge < -0.3 is 10.1 Å². The molecule has 0 aliphatic carbocycles. The highest BCUT2D eigenvalue weighted by Crippen LogP contribution is 2.23. The van der Waals surface area contributed by atoms with E-state index in [0.717, 1.165) is 33.7 Å². The topological polar surface area (TPSA) is 117 Å². The van der Waals surface area contributed by atoms with E-state index in [1.165, 1.54) is 6.21 Å². The number of benzene rings is 3. The van der Waals surface area contributed by atoms with Gasteiger partial charge in [-0.3, -0.25) is 13.9 Å². The number of nitrogens with one attached hydrogen (secondary N) is 2. The molecule has 0 fully saturated rings. The SMILES string of the molecule is Cc1ccc(N(CC(=O)N/N=C\c2ccc(OCC(=O)NCCc3ccccc3)cc2)S(C)(=O)=O)c(C)c1. The van der Waals surface area contributed by atoms with Crippen LogP contribution in [0.25, 0.3) is 0 Å². The first-order valence-electron chi connectivity index (χ1n) is 12.0. The smallest absolute Gasteiger partial charge is 0.260 e. The Morgan fingerprint density at radius 2 is 1.68 bits per heavy atom. The van der Waals surface area contributed by atoms with Gasteiger partial charge in [0.05, 0.1) is 18.2 Å². The van der Waals surface area contributed by atoms with E-state index in [4.69, 9.17) is 4.74 Å². The number of hydrogen-bond acceptors (Lipinski definition) is 6. The molecule has 9 nitrogen and oxygen atoms in total. The number of amides is 2. The van der Waals surface area contributed by atoms with Crippen molar-refractivity contribution in [2.45, 2.75) is 20.3 Å². The highest BCUT2D eigenvalue weighted by Gasteiger charge is 2.22. The van der Waals surface area contributed by atoms with Crippen molar-refractivity contribution in [1.82, 2.24) is 10.7 Å². The van der Waals surface area contributed by atoms with Crippen molar-refractivity contribution in [2.75, 3.05) is 30.3 Å². The lowest BCUT2D eigenvalue weighted by molar-refractivity contribution is -0.123. The van der Waals surface area contributed by atoms with Gasteiger partial charge in [0.15, 0.2) is 6.61 Å². The normalized spacial score (nSPS) is 11.2. The molecule has 10 heteroatoms. The van der Waals surface area contributed by atoms with E-state index in [2.05, 4.69) is 15.8 Å². The largest absolute Gasteiger partial charge is 0.484 e. The maximum absolute atomic E-state index is 12.4. The Morgan fingerprint density at radius 3 is 2.34 bits per heavy atom. The maximum atomic E-state index is 12.4. The minimum absolute atomic E-state index is 0.102. The minimum Gasteiger partial charge on any atom is -0.484 e. The van der Waals surface area contributed by atoms with E-state index in [1.807, 2.05) is 43.3 Å². The van der Waals surface area contributed by atoms with Crippen LogP contribution >= 0.6 is 0 Å². The van der Waals surface area contributed by atoms with Crippen LogP contribution in [0.1, 0.15) is 22.3 Å². The Balaban J connectivity index is 1.45. The van der Waals surface area contributed by atoms with Gasteiger partial charge in [-0.05, 0) is 67.3 Å². The summed E-state index contributed by atoms with van der Waals surface area (Å²) in [6, 6.07) is 22.0. The predicted molar refractivity (Wildman–Crippen MR) is 149 cm³/mol. The van der Waals surface area contributed by atoms with Gasteiger partial charge in [-0.15, -0.1) is 0 Å². The minimum atomic E-state index is -3.68. The molecule has 0 radical (unpaired) electrons. The Hall–Kier alpha value is -4.18. The summed E-state index contributed by atoms with van der Waals surface area (Å²) in [6.07, 6.45) is 3.23. The van der Waals surface area contributed by atoms with E-state index in [0.29, 0.717) is 23.5 Å². The van der Waals surface area contributed by atoms with Crippen LogP contribution in [0.2, 0.25) is 0 Å². The summed E-state index contributed by atoms with van der Waals surface area (Å²) in [4.78, 5) is 24.4. The van der Waals surface area contributed by atoms with Crippen LogP contribution < -0.4 is 19.8 Å². The third-order valence-electron chi connectivity index (χ3n) is 5.54. The average Bonchev–Trinajstić information content (AvgIpc) is 2.87. The number of aryl methyl sites for hydroxylation is 2. The highest BCUT2D eigenvalue weighted by molar-refractivity contribution is 7.92. The Bertz CT molecular complexity index is 1370. The summed E-state index contributed by atoms with van der Waals surface area (Å²) in [5.41, 5.74) is 6.37. The van der Waals surface area contributed by atoms with Gasteiger partial charge in [-0.25, -0.2) is 13.8 Å². The van der Waals surface area contributed by atoms with Crippen LogP contribution in [0.5, 0.6) is 5.75 Å². The quantitative estimate of drug-likeness (QED) is 0.273. The van der Waals surface area contributed by atoms with Gasteiger partial charge in [0.25, 0.3) is 11.8 Å².